The Hall–Kier alpha value is -1.22. The van der Waals surface area contributed by atoms with E-state index in [0.717, 1.165) is 32.0 Å². The summed E-state index contributed by atoms with van der Waals surface area (Å²) < 4.78 is 5.69. The maximum Gasteiger partial charge on any atom is 0.142 e. The van der Waals surface area contributed by atoms with Crippen molar-refractivity contribution in [2.45, 2.75) is 18.9 Å². The Kier molecular flexibility index (Phi) is 2.70. The largest absolute Gasteiger partial charge is 0.490 e. The second-order valence-electron chi connectivity index (χ2n) is 4.49. The zero-order chi connectivity index (χ0) is 10.8. The monoisotopic (exact) mass is 218 g/mol. The van der Waals surface area contributed by atoms with Gasteiger partial charge in [-0.1, -0.05) is 12.1 Å². The fourth-order valence-corrected chi connectivity index (χ4v) is 2.69. The van der Waals surface area contributed by atoms with Gasteiger partial charge in [0.1, 0.15) is 12.4 Å². The van der Waals surface area contributed by atoms with Gasteiger partial charge in [0.15, 0.2) is 0 Å². The van der Waals surface area contributed by atoms with Crippen LogP contribution in [-0.2, 0) is 0 Å². The summed E-state index contributed by atoms with van der Waals surface area (Å²) in [6, 6.07) is 9.08. The van der Waals surface area contributed by atoms with Gasteiger partial charge in [-0.2, -0.15) is 0 Å². The van der Waals surface area contributed by atoms with Crippen molar-refractivity contribution in [2.24, 2.45) is 0 Å². The standard InChI is InChI=1S/C13H18N2O/c1-2-4-13-12(3-1)15(9-10-16-13)11-5-7-14-8-6-11/h1-4,11,14H,5-10H2. The van der Waals surface area contributed by atoms with E-state index in [0.29, 0.717) is 6.04 Å². The molecule has 0 spiro atoms. The highest BCUT2D eigenvalue weighted by Gasteiger charge is 2.25. The van der Waals surface area contributed by atoms with Gasteiger partial charge in [-0.15, -0.1) is 0 Å². The molecule has 2 aliphatic heterocycles. The van der Waals surface area contributed by atoms with Crippen molar-refractivity contribution in [2.75, 3.05) is 31.1 Å². The van der Waals surface area contributed by atoms with E-state index in [9.17, 15) is 0 Å². The van der Waals surface area contributed by atoms with Crippen molar-refractivity contribution < 1.29 is 4.74 Å². The molecule has 1 fully saturated rings. The predicted octanol–water partition coefficient (Wildman–Crippen LogP) is 1.64. The van der Waals surface area contributed by atoms with E-state index in [-0.39, 0.29) is 0 Å². The SMILES string of the molecule is c1ccc2c(c1)OCCN2C1CCNCC1. The first-order chi connectivity index (χ1) is 7.95. The molecule has 3 nitrogen and oxygen atoms in total. The second kappa shape index (κ2) is 4.34. The topological polar surface area (TPSA) is 24.5 Å². The summed E-state index contributed by atoms with van der Waals surface area (Å²) in [5.41, 5.74) is 1.28. The van der Waals surface area contributed by atoms with Gasteiger partial charge in [0, 0.05) is 6.04 Å². The number of fused-ring (bicyclic) bond motifs is 1. The lowest BCUT2D eigenvalue weighted by Crippen LogP contribution is -2.46. The van der Waals surface area contributed by atoms with Crippen LogP contribution in [0.3, 0.4) is 0 Å². The third-order valence-corrected chi connectivity index (χ3v) is 3.51. The first-order valence-electron chi connectivity index (χ1n) is 6.14. The van der Waals surface area contributed by atoms with Crippen molar-refractivity contribution in [3.8, 4) is 5.75 Å². The molecule has 0 aromatic heterocycles. The fourth-order valence-electron chi connectivity index (χ4n) is 2.69. The summed E-state index contributed by atoms with van der Waals surface area (Å²) in [6.45, 7) is 4.14. The lowest BCUT2D eigenvalue weighted by molar-refractivity contribution is 0.290. The third kappa shape index (κ3) is 1.76. The molecular formula is C13H18N2O. The molecule has 0 atom stereocenters. The number of nitrogens with zero attached hydrogens (tertiary/aromatic N) is 1. The lowest BCUT2D eigenvalue weighted by atomic mass is 10.0. The first-order valence-corrected chi connectivity index (χ1v) is 6.14. The number of nitrogens with one attached hydrogen (secondary N) is 1. The molecule has 3 rings (SSSR count). The van der Waals surface area contributed by atoms with Crippen LogP contribution in [0.15, 0.2) is 24.3 Å². The Morgan fingerprint density at radius 2 is 2.00 bits per heavy atom. The second-order valence-corrected chi connectivity index (χ2v) is 4.49. The number of hydrogen-bond donors (Lipinski definition) is 1. The van der Waals surface area contributed by atoms with E-state index in [4.69, 9.17) is 4.74 Å². The molecule has 1 saturated heterocycles. The highest BCUT2D eigenvalue weighted by molar-refractivity contribution is 5.60. The predicted molar refractivity (Wildman–Crippen MR) is 65.2 cm³/mol. The number of anilines is 1. The molecule has 1 aromatic rings. The van der Waals surface area contributed by atoms with E-state index in [1.807, 2.05) is 6.07 Å². The summed E-state index contributed by atoms with van der Waals surface area (Å²) in [6.07, 6.45) is 2.49. The molecule has 1 N–H and O–H groups in total. The Balaban J connectivity index is 1.86. The Labute approximate surface area is 96.4 Å². The molecule has 0 aliphatic carbocycles. The van der Waals surface area contributed by atoms with Gasteiger partial charge in [-0.25, -0.2) is 0 Å². The molecule has 3 heteroatoms. The van der Waals surface area contributed by atoms with Gasteiger partial charge in [0.2, 0.25) is 0 Å². The Bertz CT molecular complexity index is 361. The van der Waals surface area contributed by atoms with Crippen LogP contribution in [0.4, 0.5) is 5.69 Å². The van der Waals surface area contributed by atoms with Crippen molar-refractivity contribution in [1.29, 1.82) is 0 Å². The zero-order valence-corrected chi connectivity index (χ0v) is 9.48. The minimum Gasteiger partial charge on any atom is -0.490 e. The van der Waals surface area contributed by atoms with E-state index in [2.05, 4.69) is 28.4 Å². The highest BCUT2D eigenvalue weighted by Crippen LogP contribution is 2.33. The molecule has 0 saturated carbocycles. The van der Waals surface area contributed by atoms with Crippen LogP contribution < -0.4 is 15.0 Å². The number of hydrogen-bond acceptors (Lipinski definition) is 3. The van der Waals surface area contributed by atoms with Crippen LogP contribution in [0.1, 0.15) is 12.8 Å². The van der Waals surface area contributed by atoms with E-state index in [1.54, 1.807) is 0 Å². The van der Waals surface area contributed by atoms with E-state index >= 15 is 0 Å². The number of ether oxygens (including phenoxy) is 1. The highest BCUT2D eigenvalue weighted by atomic mass is 16.5. The van der Waals surface area contributed by atoms with Crippen LogP contribution in [0.5, 0.6) is 5.75 Å². The van der Waals surface area contributed by atoms with Crippen LogP contribution in [0.2, 0.25) is 0 Å². The van der Waals surface area contributed by atoms with Gasteiger partial charge in [-0.3, -0.25) is 0 Å². The molecule has 2 heterocycles. The van der Waals surface area contributed by atoms with Crippen LogP contribution in [0, 0.1) is 0 Å². The fraction of sp³-hybridized carbons (Fsp3) is 0.538. The van der Waals surface area contributed by atoms with Crippen molar-refractivity contribution >= 4 is 5.69 Å². The summed E-state index contributed by atoms with van der Waals surface area (Å²) >= 11 is 0. The number of piperidine rings is 1. The van der Waals surface area contributed by atoms with Gasteiger partial charge < -0.3 is 15.0 Å². The van der Waals surface area contributed by atoms with Crippen LogP contribution in [-0.4, -0.2) is 32.3 Å². The smallest absolute Gasteiger partial charge is 0.142 e. The minimum absolute atomic E-state index is 0.686. The number of benzene rings is 1. The zero-order valence-electron chi connectivity index (χ0n) is 9.48. The Morgan fingerprint density at radius 1 is 1.19 bits per heavy atom. The lowest BCUT2D eigenvalue weighted by Gasteiger charge is -2.39. The molecular weight excluding hydrogens is 200 g/mol. The van der Waals surface area contributed by atoms with E-state index in [1.165, 1.54) is 18.5 Å². The minimum atomic E-state index is 0.686. The van der Waals surface area contributed by atoms with Gasteiger partial charge in [0.05, 0.1) is 12.2 Å². The molecule has 0 radical (unpaired) electrons. The molecule has 0 unspecified atom stereocenters. The van der Waals surface area contributed by atoms with Crippen LogP contribution >= 0.6 is 0 Å². The van der Waals surface area contributed by atoms with Crippen LogP contribution in [0.25, 0.3) is 0 Å². The third-order valence-electron chi connectivity index (χ3n) is 3.51. The average molecular weight is 218 g/mol. The normalized spacial score (nSPS) is 21.4. The Morgan fingerprint density at radius 3 is 2.88 bits per heavy atom. The molecule has 0 amide bonds. The molecule has 0 bridgehead atoms. The molecule has 86 valence electrons. The van der Waals surface area contributed by atoms with Crippen molar-refractivity contribution in [1.82, 2.24) is 5.32 Å². The maximum atomic E-state index is 5.69. The van der Waals surface area contributed by atoms with Crippen molar-refractivity contribution in [3.05, 3.63) is 24.3 Å². The van der Waals surface area contributed by atoms with Gasteiger partial charge in [0.25, 0.3) is 0 Å². The average Bonchev–Trinajstić information content (AvgIpc) is 2.39. The molecule has 2 aliphatic rings. The van der Waals surface area contributed by atoms with Crippen molar-refractivity contribution in [3.63, 3.8) is 0 Å². The van der Waals surface area contributed by atoms with E-state index < -0.39 is 0 Å². The number of rotatable bonds is 1. The van der Waals surface area contributed by atoms with Gasteiger partial charge in [-0.05, 0) is 38.1 Å². The molecule has 1 aromatic carbocycles. The van der Waals surface area contributed by atoms with Gasteiger partial charge >= 0.3 is 0 Å². The quantitative estimate of drug-likeness (QED) is 0.775. The maximum absolute atomic E-state index is 5.69. The summed E-state index contributed by atoms with van der Waals surface area (Å²) in [5, 5.41) is 3.42. The summed E-state index contributed by atoms with van der Waals surface area (Å²) in [7, 11) is 0. The first kappa shape index (κ1) is 9.97. The summed E-state index contributed by atoms with van der Waals surface area (Å²) in [4.78, 5) is 2.53. The molecule has 16 heavy (non-hydrogen) atoms. The number of para-hydroxylation sites is 2. The summed E-state index contributed by atoms with van der Waals surface area (Å²) in [5.74, 6) is 1.05.